The molecule has 0 amide bonds. The first-order chi connectivity index (χ1) is 19.9. The molecular formula is C35H42ClF4N2U-. The maximum atomic E-state index is 14.0. The van der Waals surface area contributed by atoms with E-state index in [0.29, 0.717) is 0 Å². The van der Waals surface area contributed by atoms with Crippen molar-refractivity contribution in [2.75, 3.05) is 0 Å². The van der Waals surface area contributed by atoms with Crippen LogP contribution in [0.2, 0.25) is 5.02 Å². The van der Waals surface area contributed by atoms with Gasteiger partial charge in [-0.15, -0.1) is 0 Å². The molecule has 1 aromatic heterocycles. The number of benzene rings is 2. The van der Waals surface area contributed by atoms with Crippen molar-refractivity contribution >= 4 is 34.8 Å². The van der Waals surface area contributed by atoms with Crippen LogP contribution in [0.4, 0.5) is 17.6 Å². The first-order valence-corrected chi connectivity index (χ1v) is 14.8. The second-order valence-corrected chi connectivity index (χ2v) is 10.7. The molecule has 0 bridgehead atoms. The Balaban J connectivity index is 0.000000526. The normalized spacial score (nSPS) is 13.4. The van der Waals surface area contributed by atoms with Crippen molar-refractivity contribution in [2.24, 2.45) is 4.99 Å². The molecule has 232 valence electrons. The van der Waals surface area contributed by atoms with Crippen LogP contribution in [-0.4, -0.2) is 17.4 Å². The van der Waals surface area contributed by atoms with E-state index in [-0.39, 0.29) is 47.9 Å². The minimum atomic E-state index is -4.26. The van der Waals surface area contributed by atoms with Crippen LogP contribution in [-0.2, 0) is 6.42 Å². The second-order valence-electron chi connectivity index (χ2n) is 10.2. The van der Waals surface area contributed by atoms with Crippen LogP contribution in [0.1, 0.15) is 95.0 Å². The molecule has 2 nitrogen and oxygen atoms in total. The Hall–Kier alpha value is -2.07. The van der Waals surface area contributed by atoms with E-state index in [1.165, 1.54) is 29.0 Å². The van der Waals surface area contributed by atoms with Gasteiger partial charge in [-0.2, -0.15) is 19.6 Å². The Bertz CT molecular complexity index is 1400. The standard InChI is InChI=1S/C25H28ClFN.C10H14F3N.U/c1-4-6-8-9-18-11-13-19(14-12-18)17(3)25-20(10-7-5-2)21-15-22(26)23(27)16-24(21)28-25;1-4-5-9(3)14-7-6-8(2)10(11,12)13;/h8-9,11-17,28H,1,4-7,10H2,2-3H3;5-7H,4H2,1-3H3;/q-1;;/b9-8+;8-6+,9-5+,14-7+;. The SMILES string of the molecule is CC/C=C(C)/N=C/C=C(\C)C(F)(F)F.[CH2-]CC/C=C/c1ccc(C(C)c2[nH]c3cc(F)c(Cl)cc3c2CCCC)cc1.[U]. The molecule has 3 rings (SSSR count). The minimum Gasteiger partial charge on any atom is -0.358 e. The Labute approximate surface area is 283 Å². The third kappa shape index (κ3) is 12.5. The van der Waals surface area contributed by atoms with Gasteiger partial charge in [-0.3, -0.25) is 4.99 Å². The van der Waals surface area contributed by atoms with Gasteiger partial charge in [0, 0.05) is 71.1 Å². The Kier molecular flexibility index (Phi) is 17.5. The van der Waals surface area contributed by atoms with E-state index < -0.39 is 11.7 Å². The van der Waals surface area contributed by atoms with Crippen molar-refractivity contribution in [1.82, 2.24) is 4.98 Å². The summed E-state index contributed by atoms with van der Waals surface area (Å²) < 4.78 is 49.9. The molecule has 0 fully saturated rings. The molecule has 0 aliphatic heterocycles. The van der Waals surface area contributed by atoms with Crippen molar-refractivity contribution in [3.05, 3.63) is 106 Å². The minimum absolute atomic E-state index is 0. The van der Waals surface area contributed by atoms with Gasteiger partial charge < -0.3 is 11.9 Å². The van der Waals surface area contributed by atoms with Gasteiger partial charge in [-0.25, -0.2) is 4.39 Å². The van der Waals surface area contributed by atoms with Crippen LogP contribution >= 0.6 is 11.6 Å². The number of aromatic amines is 1. The zero-order chi connectivity index (χ0) is 31.3. The number of nitrogens with one attached hydrogen (secondary N) is 1. The third-order valence-electron chi connectivity index (χ3n) is 6.86. The summed E-state index contributed by atoms with van der Waals surface area (Å²) in [5, 5.41) is 1.22. The molecular weight excluding hydrogens is 798 g/mol. The summed E-state index contributed by atoms with van der Waals surface area (Å²) >= 11 is 6.07. The second kappa shape index (κ2) is 19.3. The molecule has 0 spiro atoms. The largest absolute Gasteiger partial charge is 0.412 e. The quantitative estimate of drug-likeness (QED) is 0.113. The number of halogens is 5. The number of hydrogen-bond acceptors (Lipinski definition) is 1. The Morgan fingerprint density at radius 1 is 1.12 bits per heavy atom. The van der Waals surface area contributed by atoms with Crippen molar-refractivity contribution in [3.8, 4) is 0 Å². The molecule has 0 saturated carbocycles. The van der Waals surface area contributed by atoms with E-state index in [2.05, 4.69) is 67.2 Å². The molecule has 1 N–H and O–H groups in total. The van der Waals surface area contributed by atoms with Gasteiger partial charge in [0.1, 0.15) is 5.82 Å². The summed E-state index contributed by atoms with van der Waals surface area (Å²) in [5.74, 6) is -0.186. The molecule has 0 radical (unpaired) electrons. The monoisotopic (exact) mass is 839 g/mol. The summed E-state index contributed by atoms with van der Waals surface area (Å²) in [4.78, 5) is 7.30. The van der Waals surface area contributed by atoms with Gasteiger partial charge in [0.15, 0.2) is 0 Å². The van der Waals surface area contributed by atoms with Gasteiger partial charge in [-0.1, -0.05) is 87.7 Å². The molecule has 0 aliphatic rings. The first kappa shape index (κ1) is 39.0. The fourth-order valence-corrected chi connectivity index (χ4v) is 4.53. The summed E-state index contributed by atoms with van der Waals surface area (Å²) in [6.07, 6.45) is 9.92. The van der Waals surface area contributed by atoms with Gasteiger partial charge in [0.2, 0.25) is 0 Å². The maximum Gasteiger partial charge on any atom is 0.412 e. The first-order valence-electron chi connectivity index (χ1n) is 14.4. The average molecular weight is 840 g/mol. The van der Waals surface area contributed by atoms with Crippen molar-refractivity contribution < 1.29 is 48.7 Å². The van der Waals surface area contributed by atoms with E-state index >= 15 is 0 Å². The van der Waals surface area contributed by atoms with E-state index in [0.717, 1.165) is 73.8 Å². The summed E-state index contributed by atoms with van der Waals surface area (Å²) in [7, 11) is 0. The van der Waals surface area contributed by atoms with Crippen molar-refractivity contribution in [3.63, 3.8) is 0 Å². The van der Waals surface area contributed by atoms with E-state index in [1.54, 1.807) is 13.0 Å². The molecule has 0 saturated heterocycles. The number of alkyl halides is 3. The number of unbranched alkanes of at least 4 members (excludes halogenated alkanes) is 2. The molecule has 3 aromatic rings. The molecule has 1 unspecified atom stereocenters. The fraction of sp³-hybridized carbons (Fsp3) is 0.371. The topological polar surface area (TPSA) is 28.1 Å². The molecule has 43 heavy (non-hydrogen) atoms. The van der Waals surface area contributed by atoms with Crippen LogP contribution in [0.15, 0.2) is 70.9 Å². The van der Waals surface area contributed by atoms with Crippen LogP contribution in [0.3, 0.4) is 0 Å². The molecule has 8 heteroatoms. The number of aliphatic imine (C=N–C) groups is 1. The number of H-pyrrole nitrogens is 1. The van der Waals surface area contributed by atoms with Gasteiger partial charge in [0.25, 0.3) is 0 Å². The number of hydrogen-bond donors (Lipinski definition) is 1. The summed E-state index contributed by atoms with van der Waals surface area (Å²) in [6.45, 7) is 13.0. The predicted octanol–water partition coefficient (Wildman–Crippen LogP) is 12.0. The molecule has 1 atom stereocenters. The molecule has 2 aromatic carbocycles. The number of allylic oxidation sites excluding steroid dienone is 5. The third-order valence-corrected chi connectivity index (χ3v) is 7.15. The van der Waals surface area contributed by atoms with Crippen LogP contribution in [0.25, 0.3) is 17.0 Å². The van der Waals surface area contributed by atoms with E-state index in [4.69, 9.17) is 11.6 Å². The zero-order valence-electron chi connectivity index (χ0n) is 25.7. The van der Waals surface area contributed by atoms with Crippen LogP contribution in [0, 0.1) is 43.9 Å². The van der Waals surface area contributed by atoms with Gasteiger partial charge in [0.05, 0.1) is 5.02 Å². The number of nitrogens with zero attached hydrogens (tertiary/aromatic N) is 1. The summed E-state index contributed by atoms with van der Waals surface area (Å²) in [5.41, 5.74) is 5.74. The fourth-order valence-electron chi connectivity index (χ4n) is 4.37. The number of rotatable bonds is 11. The maximum absolute atomic E-state index is 14.0. The van der Waals surface area contributed by atoms with Crippen LogP contribution < -0.4 is 0 Å². The summed E-state index contributed by atoms with van der Waals surface area (Å²) in [6, 6.07) is 11.9. The Morgan fingerprint density at radius 3 is 2.37 bits per heavy atom. The van der Waals surface area contributed by atoms with Gasteiger partial charge >= 0.3 is 6.18 Å². The average Bonchev–Trinajstić information content (AvgIpc) is 3.29. The van der Waals surface area contributed by atoms with Gasteiger partial charge in [-0.05, 0) is 68.0 Å². The van der Waals surface area contributed by atoms with E-state index in [1.807, 2.05) is 13.0 Å². The number of aryl methyl sites for hydroxylation is 1. The molecule has 0 aliphatic carbocycles. The van der Waals surface area contributed by atoms with E-state index in [9.17, 15) is 17.6 Å². The molecule has 1 heterocycles. The number of fused-ring (bicyclic) bond motifs is 1. The predicted molar refractivity (Wildman–Crippen MR) is 172 cm³/mol. The van der Waals surface area contributed by atoms with Crippen molar-refractivity contribution in [2.45, 2.75) is 85.2 Å². The number of aromatic nitrogens is 1. The Morgan fingerprint density at radius 2 is 1.79 bits per heavy atom. The smallest absolute Gasteiger partial charge is 0.358 e. The van der Waals surface area contributed by atoms with Crippen molar-refractivity contribution in [1.29, 1.82) is 0 Å². The van der Waals surface area contributed by atoms with Crippen LogP contribution in [0.5, 0.6) is 0 Å². The zero-order valence-corrected chi connectivity index (χ0v) is 30.6.